The molecule has 0 amide bonds. The number of benzene rings is 2. The maximum atomic E-state index is 11.7. The van der Waals surface area contributed by atoms with E-state index in [0.717, 1.165) is 18.3 Å². The Labute approximate surface area is 142 Å². The first-order chi connectivity index (χ1) is 11.7. The van der Waals surface area contributed by atoms with Gasteiger partial charge in [0, 0.05) is 22.9 Å². The standard InChI is InChI=1S/C18H15NO6/c1-9(20)14-4-3-13(7-15(14)10(2)21)19-8-12-5-11(18(24)25)6-16(22)17(12)23/h3-8,22-23H,1-2H3,(H,24,25). The van der Waals surface area contributed by atoms with Gasteiger partial charge in [-0.3, -0.25) is 14.6 Å². The van der Waals surface area contributed by atoms with Crippen LogP contribution in [0.1, 0.15) is 50.5 Å². The van der Waals surface area contributed by atoms with Gasteiger partial charge in [-0.2, -0.15) is 0 Å². The van der Waals surface area contributed by atoms with Crippen molar-refractivity contribution in [3.05, 3.63) is 52.6 Å². The van der Waals surface area contributed by atoms with Gasteiger partial charge < -0.3 is 15.3 Å². The molecule has 0 atom stereocenters. The van der Waals surface area contributed by atoms with Gasteiger partial charge in [0.15, 0.2) is 23.1 Å². The number of carbonyl (C=O) groups excluding carboxylic acids is 2. The zero-order chi connectivity index (χ0) is 18.7. The fourth-order valence-electron chi connectivity index (χ4n) is 2.22. The van der Waals surface area contributed by atoms with Crippen LogP contribution < -0.4 is 0 Å². The van der Waals surface area contributed by atoms with Crippen LogP contribution in [0.4, 0.5) is 5.69 Å². The third kappa shape index (κ3) is 3.89. The number of phenolic OH excluding ortho intramolecular Hbond substituents is 2. The summed E-state index contributed by atoms with van der Waals surface area (Å²) in [5.74, 6) is -2.92. The monoisotopic (exact) mass is 341 g/mol. The highest BCUT2D eigenvalue weighted by Crippen LogP contribution is 2.30. The summed E-state index contributed by atoms with van der Waals surface area (Å²) < 4.78 is 0. The maximum absolute atomic E-state index is 11.7. The van der Waals surface area contributed by atoms with E-state index in [-0.39, 0.29) is 33.8 Å². The van der Waals surface area contributed by atoms with E-state index in [2.05, 4.69) is 4.99 Å². The normalized spacial score (nSPS) is 10.8. The average Bonchev–Trinajstić information content (AvgIpc) is 2.55. The number of carbonyl (C=O) groups is 3. The molecule has 0 heterocycles. The molecule has 25 heavy (non-hydrogen) atoms. The molecule has 0 unspecified atom stereocenters. The molecule has 7 nitrogen and oxygen atoms in total. The Bertz CT molecular complexity index is 914. The lowest BCUT2D eigenvalue weighted by molar-refractivity contribution is 0.0696. The number of nitrogens with zero attached hydrogens (tertiary/aromatic N) is 1. The summed E-state index contributed by atoms with van der Waals surface area (Å²) in [5.41, 5.74) is 0.605. The molecule has 0 aromatic heterocycles. The summed E-state index contributed by atoms with van der Waals surface area (Å²) in [4.78, 5) is 38.3. The lowest BCUT2D eigenvalue weighted by Gasteiger charge is -2.06. The summed E-state index contributed by atoms with van der Waals surface area (Å²) in [6.45, 7) is 2.68. The van der Waals surface area contributed by atoms with Gasteiger partial charge in [-0.25, -0.2) is 4.79 Å². The van der Waals surface area contributed by atoms with Crippen LogP contribution in [0.15, 0.2) is 35.3 Å². The van der Waals surface area contributed by atoms with Crippen molar-refractivity contribution in [3.63, 3.8) is 0 Å². The molecule has 7 heteroatoms. The van der Waals surface area contributed by atoms with Gasteiger partial charge >= 0.3 is 5.97 Å². The molecule has 2 rings (SSSR count). The van der Waals surface area contributed by atoms with Gasteiger partial charge in [0.1, 0.15) is 0 Å². The summed E-state index contributed by atoms with van der Waals surface area (Å²) in [7, 11) is 0. The van der Waals surface area contributed by atoms with Gasteiger partial charge in [-0.1, -0.05) is 0 Å². The van der Waals surface area contributed by atoms with E-state index >= 15 is 0 Å². The van der Waals surface area contributed by atoms with Crippen LogP contribution in [-0.2, 0) is 0 Å². The number of carboxylic acid groups (broad SMARTS) is 1. The summed E-state index contributed by atoms with van der Waals surface area (Å²) in [6, 6.07) is 6.48. The Hall–Kier alpha value is -3.48. The number of rotatable bonds is 5. The molecule has 0 spiro atoms. The SMILES string of the molecule is CC(=O)c1ccc(N=Cc2cc(C(=O)O)cc(O)c2O)cc1C(C)=O. The summed E-state index contributed by atoms with van der Waals surface area (Å²) in [5, 5.41) is 28.4. The first-order valence-corrected chi connectivity index (χ1v) is 7.20. The van der Waals surface area contributed by atoms with Crippen LogP contribution >= 0.6 is 0 Å². The highest BCUT2D eigenvalue weighted by Gasteiger charge is 2.13. The van der Waals surface area contributed by atoms with Crippen LogP contribution in [0.25, 0.3) is 0 Å². The molecule has 0 aliphatic heterocycles. The second-order valence-electron chi connectivity index (χ2n) is 5.34. The second-order valence-corrected chi connectivity index (χ2v) is 5.34. The first kappa shape index (κ1) is 17.9. The molecule has 0 saturated heterocycles. The highest BCUT2D eigenvalue weighted by atomic mass is 16.4. The molecule has 0 aliphatic rings. The molecular formula is C18H15NO6. The quantitative estimate of drug-likeness (QED) is 0.436. The number of ketones is 2. The van der Waals surface area contributed by atoms with Crippen molar-refractivity contribution in [1.29, 1.82) is 0 Å². The van der Waals surface area contributed by atoms with Crippen LogP contribution in [0.3, 0.4) is 0 Å². The van der Waals surface area contributed by atoms with E-state index in [9.17, 15) is 24.6 Å². The van der Waals surface area contributed by atoms with Gasteiger partial charge in [-0.15, -0.1) is 0 Å². The molecule has 0 radical (unpaired) electrons. The average molecular weight is 341 g/mol. The van der Waals surface area contributed by atoms with Crippen LogP contribution in [0.2, 0.25) is 0 Å². The van der Waals surface area contributed by atoms with Gasteiger partial charge in [0.05, 0.1) is 11.3 Å². The Morgan fingerprint density at radius 1 is 0.960 bits per heavy atom. The summed E-state index contributed by atoms with van der Waals surface area (Å²) >= 11 is 0. The van der Waals surface area contributed by atoms with Crippen LogP contribution in [0, 0.1) is 0 Å². The lowest BCUT2D eigenvalue weighted by Crippen LogP contribution is -2.03. The fraction of sp³-hybridized carbons (Fsp3) is 0.111. The molecular weight excluding hydrogens is 326 g/mol. The number of hydrogen-bond donors (Lipinski definition) is 3. The molecule has 2 aromatic carbocycles. The van der Waals surface area contributed by atoms with E-state index in [1.807, 2.05) is 0 Å². The van der Waals surface area contributed by atoms with E-state index in [1.165, 1.54) is 32.0 Å². The van der Waals surface area contributed by atoms with E-state index in [4.69, 9.17) is 5.11 Å². The predicted octanol–water partition coefficient (Wildman–Crippen LogP) is 2.95. The lowest BCUT2D eigenvalue weighted by atomic mass is 10.0. The highest BCUT2D eigenvalue weighted by molar-refractivity contribution is 6.08. The third-order valence-corrected chi connectivity index (χ3v) is 3.48. The van der Waals surface area contributed by atoms with Crippen molar-refractivity contribution in [1.82, 2.24) is 0 Å². The Morgan fingerprint density at radius 3 is 2.16 bits per heavy atom. The largest absolute Gasteiger partial charge is 0.504 e. The van der Waals surface area contributed by atoms with Crippen molar-refractivity contribution < 1.29 is 29.7 Å². The molecule has 0 aliphatic carbocycles. The number of aromatic hydroxyl groups is 2. The number of Topliss-reactive ketones (excluding diaryl/α,β-unsaturated/α-hetero) is 2. The van der Waals surface area contributed by atoms with Crippen LogP contribution in [0.5, 0.6) is 11.5 Å². The third-order valence-electron chi connectivity index (χ3n) is 3.48. The van der Waals surface area contributed by atoms with Gasteiger partial charge in [0.2, 0.25) is 0 Å². The Kier molecular flexibility index (Phi) is 4.97. The molecule has 0 bridgehead atoms. The molecule has 0 fully saturated rings. The summed E-state index contributed by atoms with van der Waals surface area (Å²) in [6.07, 6.45) is 1.16. The smallest absolute Gasteiger partial charge is 0.335 e. The number of aliphatic imine (C=N–C) groups is 1. The van der Waals surface area contributed by atoms with Crippen molar-refractivity contribution in [3.8, 4) is 11.5 Å². The number of phenols is 2. The molecule has 3 N–H and O–H groups in total. The number of carboxylic acids is 1. The number of aromatic carboxylic acids is 1. The Balaban J connectivity index is 2.46. The zero-order valence-corrected chi connectivity index (χ0v) is 13.5. The van der Waals surface area contributed by atoms with Crippen molar-refractivity contribution in [2.45, 2.75) is 13.8 Å². The van der Waals surface area contributed by atoms with E-state index < -0.39 is 17.5 Å². The molecule has 128 valence electrons. The Morgan fingerprint density at radius 2 is 1.60 bits per heavy atom. The minimum absolute atomic E-state index is 0.00239. The molecule has 0 saturated carbocycles. The topological polar surface area (TPSA) is 124 Å². The van der Waals surface area contributed by atoms with Gasteiger partial charge in [0.25, 0.3) is 0 Å². The van der Waals surface area contributed by atoms with E-state index in [1.54, 1.807) is 0 Å². The first-order valence-electron chi connectivity index (χ1n) is 7.20. The molecule has 2 aromatic rings. The number of hydrogen-bond acceptors (Lipinski definition) is 6. The van der Waals surface area contributed by atoms with E-state index in [0.29, 0.717) is 5.69 Å². The second kappa shape index (κ2) is 6.96. The van der Waals surface area contributed by atoms with Crippen LogP contribution in [-0.4, -0.2) is 39.1 Å². The zero-order valence-electron chi connectivity index (χ0n) is 13.5. The minimum atomic E-state index is -1.27. The maximum Gasteiger partial charge on any atom is 0.335 e. The van der Waals surface area contributed by atoms with Crippen molar-refractivity contribution in [2.24, 2.45) is 4.99 Å². The predicted molar refractivity (Wildman–Crippen MR) is 90.4 cm³/mol. The van der Waals surface area contributed by atoms with Crippen molar-refractivity contribution in [2.75, 3.05) is 0 Å². The van der Waals surface area contributed by atoms with Crippen molar-refractivity contribution >= 4 is 29.4 Å². The minimum Gasteiger partial charge on any atom is -0.504 e. The fourth-order valence-corrected chi connectivity index (χ4v) is 2.22. The van der Waals surface area contributed by atoms with Gasteiger partial charge in [-0.05, 0) is 44.2 Å².